The fourth-order valence-corrected chi connectivity index (χ4v) is 2.52. The van der Waals surface area contributed by atoms with E-state index in [4.69, 9.17) is 0 Å². The number of aryl methyl sites for hydroxylation is 4. The maximum Gasteiger partial charge on any atom is 0.267 e. The minimum absolute atomic E-state index is 0.0311. The second kappa shape index (κ2) is 8.16. The van der Waals surface area contributed by atoms with Crippen LogP contribution in [0.4, 0.5) is 11.4 Å². The van der Waals surface area contributed by atoms with Gasteiger partial charge in [0.1, 0.15) is 11.6 Å². The van der Waals surface area contributed by atoms with Crippen molar-refractivity contribution in [1.29, 1.82) is 5.26 Å². The number of nitrogens with zero attached hydrogens (tertiary/aromatic N) is 1. The van der Waals surface area contributed by atoms with Gasteiger partial charge in [-0.15, -0.1) is 0 Å². The van der Waals surface area contributed by atoms with Crippen LogP contribution in [-0.2, 0) is 11.2 Å². The molecule has 0 bridgehead atoms. The maximum atomic E-state index is 12.5. The first-order chi connectivity index (χ1) is 12.0. The summed E-state index contributed by atoms with van der Waals surface area (Å²) in [5.41, 5.74) is 6.02. The predicted octanol–water partition coefficient (Wildman–Crippen LogP) is 4.63. The second-order valence-corrected chi connectivity index (χ2v) is 6.03. The molecule has 2 N–H and O–H groups in total. The van der Waals surface area contributed by atoms with Gasteiger partial charge in [-0.05, 0) is 61.6 Å². The Morgan fingerprint density at radius 1 is 1.12 bits per heavy atom. The number of nitriles is 1. The van der Waals surface area contributed by atoms with Crippen LogP contribution >= 0.6 is 0 Å². The molecule has 2 aromatic rings. The van der Waals surface area contributed by atoms with Crippen LogP contribution in [0.5, 0.6) is 0 Å². The molecule has 128 valence electrons. The molecule has 0 atom stereocenters. The summed E-state index contributed by atoms with van der Waals surface area (Å²) in [5, 5.41) is 15.2. The average molecular weight is 333 g/mol. The van der Waals surface area contributed by atoms with Gasteiger partial charge in [0.15, 0.2) is 0 Å². The van der Waals surface area contributed by atoms with Crippen molar-refractivity contribution in [2.24, 2.45) is 0 Å². The molecular formula is C21H23N3O. The van der Waals surface area contributed by atoms with Crippen LogP contribution in [0.1, 0.15) is 29.2 Å². The standard InChI is InChI=1S/C21H23N3O/c1-5-17-8-6-7-15(3)20(17)24-21(25)18(12-22)13-23-19-10-9-14(2)16(4)11-19/h6-11,13,23H,5H2,1-4H3,(H,24,25)/b18-13-. The summed E-state index contributed by atoms with van der Waals surface area (Å²) in [4.78, 5) is 12.5. The van der Waals surface area contributed by atoms with Crippen LogP contribution in [0.3, 0.4) is 0 Å². The van der Waals surface area contributed by atoms with Gasteiger partial charge in [0.2, 0.25) is 0 Å². The van der Waals surface area contributed by atoms with Crippen molar-refractivity contribution in [2.75, 3.05) is 10.6 Å². The van der Waals surface area contributed by atoms with Crippen molar-refractivity contribution >= 4 is 17.3 Å². The molecule has 0 aliphatic rings. The third-order valence-electron chi connectivity index (χ3n) is 4.23. The van der Waals surface area contributed by atoms with Gasteiger partial charge in [0.25, 0.3) is 5.91 Å². The van der Waals surface area contributed by atoms with Crippen LogP contribution in [0.25, 0.3) is 0 Å². The molecule has 1 amide bonds. The lowest BCUT2D eigenvalue weighted by Gasteiger charge is -2.12. The van der Waals surface area contributed by atoms with Crippen molar-refractivity contribution in [3.8, 4) is 6.07 Å². The number of nitrogens with one attached hydrogen (secondary N) is 2. The first kappa shape index (κ1) is 18.3. The first-order valence-electron chi connectivity index (χ1n) is 8.30. The summed E-state index contributed by atoms with van der Waals surface area (Å²) in [6.45, 7) is 8.04. The molecule has 0 unspecified atom stereocenters. The second-order valence-electron chi connectivity index (χ2n) is 6.03. The zero-order chi connectivity index (χ0) is 18.4. The monoisotopic (exact) mass is 333 g/mol. The Bertz CT molecular complexity index is 860. The zero-order valence-electron chi connectivity index (χ0n) is 15.1. The smallest absolute Gasteiger partial charge is 0.267 e. The molecule has 0 saturated carbocycles. The quantitative estimate of drug-likeness (QED) is 0.619. The van der Waals surface area contributed by atoms with Crippen LogP contribution < -0.4 is 10.6 Å². The molecule has 0 fully saturated rings. The van der Waals surface area contributed by atoms with E-state index in [-0.39, 0.29) is 5.57 Å². The lowest BCUT2D eigenvalue weighted by Crippen LogP contribution is -2.16. The van der Waals surface area contributed by atoms with E-state index in [0.717, 1.165) is 34.5 Å². The Hall–Kier alpha value is -3.06. The Labute approximate surface area is 149 Å². The lowest BCUT2D eigenvalue weighted by molar-refractivity contribution is -0.112. The van der Waals surface area contributed by atoms with E-state index < -0.39 is 5.91 Å². The Kier molecular flexibility index (Phi) is 5.97. The van der Waals surface area contributed by atoms with E-state index in [0.29, 0.717) is 0 Å². The van der Waals surface area contributed by atoms with E-state index in [1.807, 2.05) is 70.2 Å². The van der Waals surface area contributed by atoms with Crippen LogP contribution in [0, 0.1) is 32.1 Å². The van der Waals surface area contributed by atoms with Gasteiger partial charge in [0, 0.05) is 17.6 Å². The Morgan fingerprint density at radius 3 is 2.52 bits per heavy atom. The number of anilines is 2. The summed E-state index contributed by atoms with van der Waals surface area (Å²) in [6, 6.07) is 13.7. The average Bonchev–Trinajstić information content (AvgIpc) is 2.60. The minimum atomic E-state index is -0.414. The number of para-hydroxylation sites is 1. The third kappa shape index (κ3) is 4.48. The number of hydrogen-bond acceptors (Lipinski definition) is 3. The fraction of sp³-hybridized carbons (Fsp3) is 0.238. The van der Waals surface area contributed by atoms with E-state index in [1.165, 1.54) is 11.8 Å². The summed E-state index contributed by atoms with van der Waals surface area (Å²) in [7, 11) is 0. The summed E-state index contributed by atoms with van der Waals surface area (Å²) < 4.78 is 0. The molecule has 25 heavy (non-hydrogen) atoms. The number of carbonyl (C=O) groups is 1. The van der Waals surface area contributed by atoms with Crippen molar-refractivity contribution in [2.45, 2.75) is 34.1 Å². The normalized spacial score (nSPS) is 10.9. The molecule has 0 heterocycles. The van der Waals surface area contributed by atoms with Crippen molar-refractivity contribution in [1.82, 2.24) is 0 Å². The predicted molar refractivity (Wildman–Crippen MR) is 102 cm³/mol. The number of hydrogen-bond donors (Lipinski definition) is 2. The molecule has 0 spiro atoms. The van der Waals surface area contributed by atoms with E-state index >= 15 is 0 Å². The third-order valence-corrected chi connectivity index (χ3v) is 4.23. The molecule has 0 aromatic heterocycles. The number of benzene rings is 2. The molecule has 0 radical (unpaired) electrons. The van der Waals surface area contributed by atoms with E-state index in [9.17, 15) is 10.1 Å². The highest BCUT2D eigenvalue weighted by molar-refractivity contribution is 6.07. The highest BCUT2D eigenvalue weighted by Gasteiger charge is 2.13. The first-order valence-corrected chi connectivity index (χ1v) is 8.30. The lowest BCUT2D eigenvalue weighted by atomic mass is 10.1. The van der Waals surface area contributed by atoms with E-state index in [2.05, 4.69) is 10.6 Å². The van der Waals surface area contributed by atoms with Crippen LogP contribution in [-0.4, -0.2) is 5.91 Å². The molecule has 4 heteroatoms. The number of amides is 1. The van der Waals surface area contributed by atoms with Gasteiger partial charge in [-0.3, -0.25) is 4.79 Å². The SMILES string of the molecule is CCc1cccc(C)c1NC(=O)/C(C#N)=C\Nc1ccc(C)c(C)c1. The molecular weight excluding hydrogens is 310 g/mol. The van der Waals surface area contributed by atoms with Gasteiger partial charge < -0.3 is 10.6 Å². The zero-order valence-corrected chi connectivity index (χ0v) is 15.1. The van der Waals surface area contributed by atoms with Crippen LogP contribution in [0.2, 0.25) is 0 Å². The van der Waals surface area contributed by atoms with Crippen molar-refractivity contribution in [3.63, 3.8) is 0 Å². The van der Waals surface area contributed by atoms with Gasteiger partial charge in [-0.2, -0.15) is 5.26 Å². The topological polar surface area (TPSA) is 64.9 Å². The van der Waals surface area contributed by atoms with Crippen molar-refractivity contribution in [3.05, 3.63) is 70.4 Å². The molecule has 4 nitrogen and oxygen atoms in total. The van der Waals surface area contributed by atoms with Gasteiger partial charge in [-0.1, -0.05) is 31.2 Å². The highest BCUT2D eigenvalue weighted by Crippen LogP contribution is 2.22. The van der Waals surface area contributed by atoms with Crippen molar-refractivity contribution < 1.29 is 4.79 Å². The molecule has 0 aliphatic carbocycles. The number of carbonyl (C=O) groups excluding carboxylic acids is 1. The van der Waals surface area contributed by atoms with Gasteiger partial charge >= 0.3 is 0 Å². The maximum absolute atomic E-state index is 12.5. The van der Waals surface area contributed by atoms with Gasteiger partial charge in [-0.25, -0.2) is 0 Å². The van der Waals surface area contributed by atoms with Crippen LogP contribution in [0.15, 0.2) is 48.2 Å². The summed E-state index contributed by atoms with van der Waals surface area (Å²) in [5.74, 6) is -0.414. The molecule has 2 aromatic carbocycles. The Balaban J connectivity index is 2.19. The fourth-order valence-electron chi connectivity index (χ4n) is 2.52. The molecule has 2 rings (SSSR count). The Morgan fingerprint density at radius 2 is 1.88 bits per heavy atom. The summed E-state index contributed by atoms with van der Waals surface area (Å²) >= 11 is 0. The summed E-state index contributed by atoms with van der Waals surface area (Å²) in [6.07, 6.45) is 2.26. The minimum Gasteiger partial charge on any atom is -0.360 e. The highest BCUT2D eigenvalue weighted by atomic mass is 16.1. The van der Waals surface area contributed by atoms with E-state index in [1.54, 1.807) is 0 Å². The number of rotatable bonds is 5. The van der Waals surface area contributed by atoms with Gasteiger partial charge in [0.05, 0.1) is 0 Å². The largest absolute Gasteiger partial charge is 0.360 e. The molecule has 0 aliphatic heterocycles. The molecule has 0 saturated heterocycles.